The van der Waals surface area contributed by atoms with E-state index in [4.69, 9.17) is 5.11 Å². The van der Waals surface area contributed by atoms with E-state index in [9.17, 15) is 14.7 Å². The Labute approximate surface area is 205 Å². The summed E-state index contributed by atoms with van der Waals surface area (Å²) in [4.78, 5) is 23.8. The lowest BCUT2D eigenvalue weighted by Crippen LogP contribution is -2.56. The third kappa shape index (κ3) is 3.50. The van der Waals surface area contributed by atoms with Gasteiger partial charge in [-0.2, -0.15) is 0 Å². The van der Waals surface area contributed by atoms with Gasteiger partial charge >= 0.3 is 5.97 Å². The maximum Gasteiger partial charge on any atom is 0.331 e. The molecule has 0 amide bonds. The summed E-state index contributed by atoms with van der Waals surface area (Å²) in [6, 6.07) is 0. The van der Waals surface area contributed by atoms with Crippen molar-refractivity contribution in [3.8, 4) is 0 Å². The van der Waals surface area contributed by atoms with Crippen LogP contribution in [0.2, 0.25) is 0 Å². The van der Waals surface area contributed by atoms with E-state index < -0.39 is 5.97 Å². The standard InChI is InChI=1S/C30H44O4/c1-18(26(33)34)16-20(31)17-19(2)29(6)14-11-23-21-8-9-24-27(3,4)25(32)12-13-28(24,5)22(21)10-15-30(23,29)7/h8,11,16,19,22,24-25,32H,9-10,12-15,17H2,1-7H3,(H,33,34)/b18-16-/t19-,22-,24-,25-,28-,29+,30-/m1/s1. The van der Waals surface area contributed by atoms with Gasteiger partial charge in [0.05, 0.1) is 6.10 Å². The number of ketones is 1. The van der Waals surface area contributed by atoms with Crippen LogP contribution in [-0.2, 0) is 9.59 Å². The van der Waals surface area contributed by atoms with Gasteiger partial charge in [0.15, 0.2) is 5.78 Å². The van der Waals surface area contributed by atoms with Crippen molar-refractivity contribution in [2.45, 2.75) is 99.5 Å². The molecule has 0 aliphatic heterocycles. The van der Waals surface area contributed by atoms with Crippen molar-refractivity contribution in [2.75, 3.05) is 0 Å². The van der Waals surface area contributed by atoms with Crippen LogP contribution in [0.25, 0.3) is 0 Å². The van der Waals surface area contributed by atoms with Gasteiger partial charge in [0.25, 0.3) is 0 Å². The van der Waals surface area contributed by atoms with Crippen LogP contribution in [0, 0.1) is 39.4 Å². The Morgan fingerprint density at radius 1 is 1.12 bits per heavy atom. The number of hydrogen-bond donors (Lipinski definition) is 2. The highest BCUT2D eigenvalue weighted by Crippen LogP contribution is 2.70. The number of carbonyl (C=O) groups is 2. The second kappa shape index (κ2) is 8.18. The van der Waals surface area contributed by atoms with Crippen molar-refractivity contribution >= 4 is 11.8 Å². The number of carboxylic acid groups (broad SMARTS) is 1. The predicted molar refractivity (Wildman–Crippen MR) is 135 cm³/mol. The molecule has 0 radical (unpaired) electrons. The fraction of sp³-hybridized carbons (Fsp3) is 0.733. The summed E-state index contributed by atoms with van der Waals surface area (Å²) in [5.74, 6) is 0.0737. The molecule has 0 spiro atoms. The van der Waals surface area contributed by atoms with Crippen molar-refractivity contribution in [2.24, 2.45) is 39.4 Å². The number of hydrogen-bond acceptors (Lipinski definition) is 3. The SMILES string of the molecule is C/C(=C/C(=O)C[C@@H](C)[C@]1(C)CC=C2C3=CC[C@@H]4C(C)(C)[C@H](O)CC[C@]4(C)[C@@H]3CC[C@]21C)C(=O)O. The molecule has 34 heavy (non-hydrogen) atoms. The maximum absolute atomic E-state index is 12.7. The van der Waals surface area contributed by atoms with E-state index in [0.717, 1.165) is 38.5 Å². The number of aliphatic carboxylic acids is 1. The van der Waals surface area contributed by atoms with Crippen molar-refractivity contribution in [3.63, 3.8) is 0 Å². The Morgan fingerprint density at radius 2 is 1.79 bits per heavy atom. The van der Waals surface area contributed by atoms with Crippen molar-refractivity contribution in [1.29, 1.82) is 0 Å². The van der Waals surface area contributed by atoms with Gasteiger partial charge in [-0.3, -0.25) is 4.79 Å². The highest BCUT2D eigenvalue weighted by molar-refractivity contribution is 5.98. The average Bonchev–Trinajstić information content (AvgIpc) is 3.03. The number of fused-ring (bicyclic) bond motifs is 5. The Kier molecular flexibility index (Phi) is 6.12. The average molecular weight is 469 g/mol. The lowest BCUT2D eigenvalue weighted by atomic mass is 9.43. The Hall–Kier alpha value is -1.68. The second-order valence-corrected chi connectivity index (χ2v) is 13.2. The minimum absolute atomic E-state index is 0.0213. The largest absolute Gasteiger partial charge is 0.478 e. The van der Waals surface area contributed by atoms with E-state index in [1.54, 1.807) is 5.57 Å². The molecule has 0 heterocycles. The summed E-state index contributed by atoms with van der Waals surface area (Å²) in [5.41, 5.74) is 3.30. The molecule has 2 fully saturated rings. The Balaban J connectivity index is 1.61. The molecule has 0 unspecified atom stereocenters. The van der Waals surface area contributed by atoms with Crippen LogP contribution < -0.4 is 0 Å². The van der Waals surface area contributed by atoms with E-state index in [-0.39, 0.29) is 45.0 Å². The van der Waals surface area contributed by atoms with Crippen LogP contribution in [-0.4, -0.2) is 28.1 Å². The minimum Gasteiger partial charge on any atom is -0.478 e. The van der Waals surface area contributed by atoms with Crippen LogP contribution in [0.3, 0.4) is 0 Å². The fourth-order valence-corrected chi connectivity index (χ4v) is 8.59. The highest BCUT2D eigenvalue weighted by atomic mass is 16.4. The molecular weight excluding hydrogens is 424 g/mol. The summed E-state index contributed by atoms with van der Waals surface area (Å²) in [7, 11) is 0. The lowest BCUT2D eigenvalue weighted by Gasteiger charge is -2.62. The molecule has 4 aliphatic rings. The first-order valence-corrected chi connectivity index (χ1v) is 13.2. The maximum atomic E-state index is 12.7. The number of carbonyl (C=O) groups excluding carboxylic acids is 1. The number of aliphatic hydroxyl groups is 1. The Bertz CT molecular complexity index is 984. The molecule has 0 aromatic carbocycles. The van der Waals surface area contributed by atoms with Gasteiger partial charge in [0.2, 0.25) is 0 Å². The number of rotatable bonds is 5. The summed E-state index contributed by atoms with van der Waals surface area (Å²) in [5, 5.41) is 19.9. The quantitative estimate of drug-likeness (QED) is 0.452. The zero-order valence-corrected chi connectivity index (χ0v) is 22.2. The monoisotopic (exact) mass is 468 g/mol. The van der Waals surface area contributed by atoms with Crippen LogP contribution in [0.4, 0.5) is 0 Å². The first kappa shape index (κ1) is 25.4. The van der Waals surface area contributed by atoms with Gasteiger partial charge in [-0.25, -0.2) is 4.79 Å². The summed E-state index contributed by atoms with van der Waals surface area (Å²) < 4.78 is 0. The molecule has 2 N–H and O–H groups in total. The normalized spacial score (nSPS) is 42.0. The van der Waals surface area contributed by atoms with E-state index >= 15 is 0 Å². The first-order valence-electron chi connectivity index (χ1n) is 13.2. The topological polar surface area (TPSA) is 74.6 Å². The molecule has 0 bridgehead atoms. The van der Waals surface area contributed by atoms with Crippen molar-refractivity contribution in [1.82, 2.24) is 0 Å². The van der Waals surface area contributed by atoms with Gasteiger partial charge in [-0.05, 0) is 102 Å². The van der Waals surface area contributed by atoms with Gasteiger partial charge in [0.1, 0.15) is 0 Å². The zero-order valence-electron chi connectivity index (χ0n) is 22.2. The molecule has 0 aromatic rings. The van der Waals surface area contributed by atoms with E-state index in [1.807, 2.05) is 0 Å². The van der Waals surface area contributed by atoms with Gasteiger partial charge in [-0.1, -0.05) is 53.7 Å². The zero-order chi connectivity index (χ0) is 25.3. The molecule has 0 aromatic heterocycles. The number of aliphatic hydroxyl groups excluding tert-OH is 1. The van der Waals surface area contributed by atoms with E-state index in [1.165, 1.54) is 18.6 Å². The fourth-order valence-electron chi connectivity index (χ4n) is 8.59. The van der Waals surface area contributed by atoms with Crippen molar-refractivity contribution < 1.29 is 19.8 Å². The number of carboxylic acids is 1. The van der Waals surface area contributed by atoms with Crippen molar-refractivity contribution in [3.05, 3.63) is 34.9 Å². The van der Waals surface area contributed by atoms with Gasteiger partial charge in [0, 0.05) is 12.0 Å². The van der Waals surface area contributed by atoms with Crippen LogP contribution in [0.1, 0.15) is 93.4 Å². The third-order valence-electron chi connectivity index (χ3n) is 11.4. The van der Waals surface area contributed by atoms with Crippen LogP contribution in [0.5, 0.6) is 0 Å². The smallest absolute Gasteiger partial charge is 0.331 e. The first-order chi connectivity index (χ1) is 15.7. The summed E-state index contributed by atoms with van der Waals surface area (Å²) >= 11 is 0. The van der Waals surface area contributed by atoms with E-state index in [2.05, 4.69) is 53.7 Å². The highest BCUT2D eigenvalue weighted by Gasteiger charge is 2.61. The van der Waals surface area contributed by atoms with Crippen LogP contribution in [0.15, 0.2) is 34.9 Å². The van der Waals surface area contributed by atoms with Gasteiger partial charge < -0.3 is 10.2 Å². The molecule has 4 nitrogen and oxygen atoms in total. The third-order valence-corrected chi connectivity index (χ3v) is 11.4. The summed E-state index contributed by atoms with van der Waals surface area (Å²) in [6.07, 6.45) is 12.7. The van der Waals surface area contributed by atoms with Crippen LogP contribution >= 0.6 is 0 Å². The molecule has 188 valence electrons. The van der Waals surface area contributed by atoms with Gasteiger partial charge in [-0.15, -0.1) is 0 Å². The Morgan fingerprint density at radius 3 is 2.44 bits per heavy atom. The number of allylic oxidation sites excluding steroid dienone is 5. The second-order valence-electron chi connectivity index (χ2n) is 13.2. The molecule has 7 atom stereocenters. The predicted octanol–water partition coefficient (Wildman–Crippen LogP) is 6.50. The lowest BCUT2D eigenvalue weighted by molar-refractivity contribution is -0.133. The minimum atomic E-state index is -1.03. The molecular formula is C30H44O4. The summed E-state index contributed by atoms with van der Waals surface area (Å²) in [6.45, 7) is 15.4. The molecule has 4 rings (SSSR count). The molecule has 2 saturated carbocycles. The molecule has 4 aliphatic carbocycles. The molecule has 4 heteroatoms. The molecule has 0 saturated heterocycles. The van der Waals surface area contributed by atoms with E-state index in [0.29, 0.717) is 18.3 Å².